The molecular formula is C26H20Cl4N2O3. The average molecular weight is 550 g/mol. The lowest BCUT2D eigenvalue weighted by molar-refractivity contribution is -0.117. The Morgan fingerprint density at radius 2 is 1.63 bits per heavy atom. The van der Waals surface area contributed by atoms with Gasteiger partial charge in [-0.1, -0.05) is 64.6 Å². The third-order valence-electron chi connectivity index (χ3n) is 5.43. The van der Waals surface area contributed by atoms with Crippen LogP contribution in [0.5, 0.6) is 5.75 Å². The summed E-state index contributed by atoms with van der Waals surface area (Å²) in [6.45, 7) is 2.76. The quantitative estimate of drug-likeness (QED) is 0.187. The first kappa shape index (κ1) is 25.4. The molecule has 180 valence electrons. The highest BCUT2D eigenvalue weighted by atomic mass is 35.5. The van der Waals surface area contributed by atoms with E-state index in [9.17, 15) is 9.59 Å². The summed E-state index contributed by atoms with van der Waals surface area (Å²) < 4.78 is 7.35. The number of amides is 1. The van der Waals surface area contributed by atoms with E-state index in [1.54, 1.807) is 65.2 Å². The first-order valence-corrected chi connectivity index (χ1v) is 12.2. The van der Waals surface area contributed by atoms with E-state index < -0.39 is 11.7 Å². The van der Waals surface area contributed by atoms with Gasteiger partial charge in [-0.05, 0) is 60.5 Å². The number of carbonyl (C=O) groups excluding carboxylic acids is 2. The zero-order valence-electron chi connectivity index (χ0n) is 18.6. The van der Waals surface area contributed by atoms with Gasteiger partial charge < -0.3 is 14.6 Å². The number of Topliss-reactive ketones (excluding diaryl/α,β-unsaturated/α-hetero) is 1. The van der Waals surface area contributed by atoms with E-state index >= 15 is 0 Å². The summed E-state index contributed by atoms with van der Waals surface area (Å²) in [5.74, 6) is -0.954. The normalized spacial score (nSPS) is 11.0. The molecule has 0 saturated carbocycles. The third kappa shape index (κ3) is 5.60. The number of nitrogens with zero attached hydrogens (tertiary/aromatic N) is 1. The van der Waals surface area contributed by atoms with Crippen LogP contribution in [0.15, 0.2) is 60.7 Å². The molecule has 0 saturated heterocycles. The summed E-state index contributed by atoms with van der Waals surface area (Å²) in [7, 11) is 0. The number of ketones is 1. The van der Waals surface area contributed by atoms with Crippen molar-refractivity contribution in [1.29, 1.82) is 0 Å². The Labute approximate surface area is 222 Å². The first-order valence-electron chi connectivity index (χ1n) is 10.7. The van der Waals surface area contributed by atoms with Gasteiger partial charge >= 0.3 is 0 Å². The van der Waals surface area contributed by atoms with Crippen LogP contribution in [-0.4, -0.2) is 22.9 Å². The van der Waals surface area contributed by atoms with Crippen LogP contribution >= 0.6 is 46.4 Å². The summed E-state index contributed by atoms with van der Waals surface area (Å²) in [6, 6.07) is 17.4. The van der Waals surface area contributed by atoms with Crippen molar-refractivity contribution in [3.63, 3.8) is 0 Å². The molecule has 0 atom stereocenters. The second kappa shape index (κ2) is 10.9. The van der Waals surface area contributed by atoms with Crippen LogP contribution in [0.4, 0.5) is 0 Å². The molecule has 0 unspecified atom stereocenters. The van der Waals surface area contributed by atoms with E-state index in [1.807, 2.05) is 6.92 Å². The minimum absolute atomic E-state index is 0.0990. The molecule has 0 aliphatic heterocycles. The van der Waals surface area contributed by atoms with Crippen molar-refractivity contribution in [1.82, 2.24) is 9.88 Å². The Kier molecular flexibility index (Phi) is 7.92. The van der Waals surface area contributed by atoms with Crippen LogP contribution in [-0.2, 0) is 17.9 Å². The predicted octanol–water partition coefficient (Wildman–Crippen LogP) is 7.20. The monoisotopic (exact) mass is 548 g/mol. The minimum Gasteiger partial charge on any atom is -0.494 e. The molecule has 5 nitrogen and oxygen atoms in total. The molecule has 0 fully saturated rings. The van der Waals surface area contributed by atoms with Gasteiger partial charge in [-0.2, -0.15) is 0 Å². The molecule has 0 aliphatic carbocycles. The van der Waals surface area contributed by atoms with Crippen LogP contribution in [0, 0.1) is 0 Å². The number of carbonyl (C=O) groups is 2. The lowest BCUT2D eigenvalue weighted by Crippen LogP contribution is -2.30. The van der Waals surface area contributed by atoms with E-state index in [2.05, 4.69) is 5.32 Å². The molecule has 4 aromatic rings. The molecule has 0 bridgehead atoms. The molecule has 0 spiro atoms. The Morgan fingerprint density at radius 3 is 2.31 bits per heavy atom. The first-order chi connectivity index (χ1) is 16.8. The van der Waals surface area contributed by atoms with Crippen LogP contribution in [0.1, 0.15) is 28.4 Å². The predicted molar refractivity (Wildman–Crippen MR) is 141 cm³/mol. The Bertz CT molecular complexity index is 1410. The van der Waals surface area contributed by atoms with Crippen molar-refractivity contribution >= 4 is 69.0 Å². The van der Waals surface area contributed by atoms with Gasteiger partial charge in [-0.25, -0.2) is 0 Å². The number of ether oxygens (including phenoxy) is 1. The lowest BCUT2D eigenvalue weighted by Gasteiger charge is -2.10. The van der Waals surface area contributed by atoms with E-state index in [4.69, 9.17) is 51.1 Å². The lowest BCUT2D eigenvalue weighted by atomic mass is 10.1. The highest BCUT2D eigenvalue weighted by Crippen LogP contribution is 2.35. The second-order valence-electron chi connectivity index (χ2n) is 7.74. The molecule has 1 N–H and O–H groups in total. The van der Waals surface area contributed by atoms with Crippen molar-refractivity contribution in [2.75, 3.05) is 6.61 Å². The van der Waals surface area contributed by atoms with Crippen molar-refractivity contribution in [3.05, 3.63) is 97.6 Å². The Balaban J connectivity index is 1.71. The van der Waals surface area contributed by atoms with Crippen LogP contribution < -0.4 is 10.1 Å². The molecule has 0 radical (unpaired) electrons. The topological polar surface area (TPSA) is 60.3 Å². The zero-order chi connectivity index (χ0) is 25.1. The highest BCUT2D eigenvalue weighted by Gasteiger charge is 2.27. The molecule has 0 aliphatic rings. The number of rotatable bonds is 8. The standard InChI is InChI=1S/C26H20Cl4N2O3/c1-2-35-19-9-10-22-20(12-19)23(24(33)26(34)31-13-15-3-6-17(27)7-4-15)25(30)32(22)14-16-5-8-18(28)11-21(16)29/h3-12H,2,13-14H2,1H3,(H,31,34). The molecule has 1 heterocycles. The fourth-order valence-electron chi connectivity index (χ4n) is 3.73. The maximum Gasteiger partial charge on any atom is 0.292 e. The highest BCUT2D eigenvalue weighted by molar-refractivity contribution is 6.49. The molecule has 35 heavy (non-hydrogen) atoms. The maximum absolute atomic E-state index is 13.3. The fourth-order valence-corrected chi connectivity index (χ4v) is 4.66. The summed E-state index contributed by atoms with van der Waals surface area (Å²) in [5.41, 5.74) is 2.33. The zero-order valence-corrected chi connectivity index (χ0v) is 21.6. The number of nitrogens with one attached hydrogen (secondary N) is 1. The van der Waals surface area contributed by atoms with Crippen molar-refractivity contribution in [2.24, 2.45) is 0 Å². The largest absolute Gasteiger partial charge is 0.494 e. The van der Waals surface area contributed by atoms with Crippen LogP contribution in [0.2, 0.25) is 20.2 Å². The molecule has 1 amide bonds. The average Bonchev–Trinajstić information content (AvgIpc) is 3.10. The molecule has 1 aromatic heterocycles. The summed E-state index contributed by atoms with van der Waals surface area (Å²) in [5, 5.41) is 4.86. The SMILES string of the molecule is CCOc1ccc2c(c1)c(C(=O)C(=O)NCc1ccc(Cl)cc1)c(Cl)n2Cc1ccc(Cl)cc1Cl. The van der Waals surface area contributed by atoms with Gasteiger partial charge in [0.15, 0.2) is 0 Å². The van der Waals surface area contributed by atoms with E-state index in [0.29, 0.717) is 38.3 Å². The maximum atomic E-state index is 13.3. The summed E-state index contributed by atoms with van der Waals surface area (Å²) in [4.78, 5) is 26.1. The van der Waals surface area contributed by atoms with Gasteiger partial charge in [0, 0.05) is 27.0 Å². The fraction of sp³-hybridized carbons (Fsp3) is 0.154. The number of fused-ring (bicyclic) bond motifs is 1. The molecule has 4 rings (SSSR count). The van der Waals surface area contributed by atoms with E-state index in [-0.39, 0.29) is 23.8 Å². The number of hydrogen-bond donors (Lipinski definition) is 1. The third-order valence-corrected chi connectivity index (χ3v) is 6.66. The smallest absolute Gasteiger partial charge is 0.292 e. The minimum atomic E-state index is -0.771. The van der Waals surface area contributed by atoms with E-state index in [1.165, 1.54) is 0 Å². The number of benzene rings is 3. The molecular weight excluding hydrogens is 530 g/mol. The Hall–Kier alpha value is -2.70. The van der Waals surface area contributed by atoms with Gasteiger partial charge in [-0.3, -0.25) is 9.59 Å². The van der Waals surface area contributed by atoms with Gasteiger partial charge in [0.1, 0.15) is 10.9 Å². The van der Waals surface area contributed by atoms with Gasteiger partial charge in [0.2, 0.25) is 0 Å². The van der Waals surface area contributed by atoms with Gasteiger partial charge in [-0.15, -0.1) is 0 Å². The van der Waals surface area contributed by atoms with Crippen LogP contribution in [0.3, 0.4) is 0 Å². The number of hydrogen-bond acceptors (Lipinski definition) is 3. The van der Waals surface area contributed by atoms with Crippen molar-refractivity contribution in [2.45, 2.75) is 20.0 Å². The Morgan fingerprint density at radius 1 is 0.914 bits per heavy atom. The molecule has 9 heteroatoms. The van der Waals surface area contributed by atoms with Crippen molar-refractivity contribution < 1.29 is 14.3 Å². The second-order valence-corrected chi connectivity index (χ2v) is 9.38. The molecule has 3 aromatic carbocycles. The number of halogens is 4. The van der Waals surface area contributed by atoms with Crippen molar-refractivity contribution in [3.8, 4) is 5.75 Å². The van der Waals surface area contributed by atoms with Gasteiger partial charge in [0.25, 0.3) is 11.7 Å². The number of aromatic nitrogens is 1. The summed E-state index contributed by atoms with van der Waals surface area (Å²) in [6.07, 6.45) is 0. The summed E-state index contributed by atoms with van der Waals surface area (Å²) >= 11 is 25.0. The van der Waals surface area contributed by atoms with Gasteiger partial charge in [0.05, 0.1) is 24.2 Å². The van der Waals surface area contributed by atoms with E-state index in [0.717, 1.165) is 11.1 Å². The van der Waals surface area contributed by atoms with Crippen LogP contribution in [0.25, 0.3) is 10.9 Å².